The fourth-order valence-corrected chi connectivity index (χ4v) is 2.67. The van der Waals surface area contributed by atoms with E-state index >= 15 is 0 Å². The summed E-state index contributed by atoms with van der Waals surface area (Å²) in [6, 6.07) is 10.8. The Morgan fingerprint density at radius 1 is 1.00 bits per heavy atom. The van der Waals surface area contributed by atoms with Crippen LogP contribution >= 0.6 is 11.6 Å². The molecule has 1 heterocycles. The van der Waals surface area contributed by atoms with Crippen LogP contribution in [-0.2, 0) is 19.1 Å². The maximum Gasteiger partial charge on any atom is 0.348 e. The minimum Gasteiger partial charge on any atom is -0.493 e. The zero-order chi connectivity index (χ0) is 21.2. The number of hydrogen-bond donors (Lipinski definition) is 0. The van der Waals surface area contributed by atoms with Crippen molar-refractivity contribution in [3.05, 3.63) is 64.2 Å². The molecule has 0 aliphatic carbocycles. The highest BCUT2D eigenvalue weighted by Crippen LogP contribution is 2.31. The molecule has 1 aliphatic heterocycles. The van der Waals surface area contributed by atoms with Crippen LogP contribution in [0.4, 0.5) is 0 Å². The molecule has 0 saturated carbocycles. The molecule has 8 heteroatoms. The van der Waals surface area contributed by atoms with Gasteiger partial charge in [-0.15, -0.1) is 0 Å². The number of esters is 3. The van der Waals surface area contributed by atoms with E-state index in [1.54, 1.807) is 18.2 Å². The summed E-state index contributed by atoms with van der Waals surface area (Å²) >= 11 is 5.81. The molecule has 2 aromatic rings. The van der Waals surface area contributed by atoms with Crippen LogP contribution in [0.5, 0.6) is 11.5 Å². The molecule has 0 bridgehead atoms. The van der Waals surface area contributed by atoms with Gasteiger partial charge in [0.25, 0.3) is 5.79 Å². The average Bonchev–Trinajstić information content (AvgIpc) is 2.65. The third-order valence-corrected chi connectivity index (χ3v) is 4.15. The Kier molecular flexibility index (Phi) is 5.61. The predicted molar refractivity (Wildman–Crippen MR) is 104 cm³/mol. The Bertz CT molecular complexity index is 984. The van der Waals surface area contributed by atoms with E-state index in [2.05, 4.69) is 0 Å². The van der Waals surface area contributed by atoms with E-state index in [1.165, 1.54) is 51.3 Å². The standard InChI is InChI=1S/C21H17ClO7/c1-21(2)28-19(24)15(20(25)29-21)10-12-4-9-16(17(11-12)26-3)27-18(23)13-5-7-14(22)8-6-13/h4-11H,1-3H3. The molecule has 7 nitrogen and oxygen atoms in total. The zero-order valence-corrected chi connectivity index (χ0v) is 16.6. The molecule has 1 saturated heterocycles. The molecule has 150 valence electrons. The number of benzene rings is 2. The lowest BCUT2D eigenvalue weighted by Gasteiger charge is -2.29. The molecule has 0 unspecified atom stereocenters. The van der Waals surface area contributed by atoms with Crippen LogP contribution < -0.4 is 9.47 Å². The molecule has 0 amide bonds. The number of methoxy groups -OCH3 is 1. The summed E-state index contributed by atoms with van der Waals surface area (Å²) in [6.07, 6.45) is 1.31. The number of rotatable bonds is 4. The van der Waals surface area contributed by atoms with Gasteiger partial charge in [0.2, 0.25) is 0 Å². The summed E-state index contributed by atoms with van der Waals surface area (Å²) in [7, 11) is 1.40. The van der Waals surface area contributed by atoms with Gasteiger partial charge in [-0.3, -0.25) is 0 Å². The second-order valence-corrected chi connectivity index (χ2v) is 6.98. The van der Waals surface area contributed by atoms with Gasteiger partial charge in [0, 0.05) is 18.9 Å². The van der Waals surface area contributed by atoms with Crippen LogP contribution in [-0.4, -0.2) is 30.8 Å². The van der Waals surface area contributed by atoms with E-state index in [0.29, 0.717) is 16.1 Å². The maximum atomic E-state index is 12.3. The summed E-state index contributed by atoms with van der Waals surface area (Å²) in [4.78, 5) is 36.4. The smallest absolute Gasteiger partial charge is 0.348 e. The highest BCUT2D eigenvalue weighted by Gasteiger charge is 2.38. The van der Waals surface area contributed by atoms with E-state index in [0.717, 1.165) is 0 Å². The number of cyclic esters (lactones) is 2. The minimum atomic E-state index is -1.32. The molecule has 0 aromatic heterocycles. The van der Waals surface area contributed by atoms with Crippen molar-refractivity contribution in [3.8, 4) is 11.5 Å². The number of ether oxygens (including phenoxy) is 4. The molecule has 0 N–H and O–H groups in total. The lowest BCUT2D eigenvalue weighted by molar-refractivity contribution is -0.222. The van der Waals surface area contributed by atoms with Gasteiger partial charge >= 0.3 is 17.9 Å². The second kappa shape index (κ2) is 7.97. The van der Waals surface area contributed by atoms with Crippen molar-refractivity contribution in [3.63, 3.8) is 0 Å². The molecule has 29 heavy (non-hydrogen) atoms. The third kappa shape index (κ3) is 4.75. The van der Waals surface area contributed by atoms with Crippen LogP contribution in [0.3, 0.4) is 0 Å². The number of carbonyl (C=O) groups is 3. The van der Waals surface area contributed by atoms with Crippen LogP contribution in [0, 0.1) is 0 Å². The highest BCUT2D eigenvalue weighted by molar-refractivity contribution is 6.30. The number of hydrogen-bond acceptors (Lipinski definition) is 7. The van der Waals surface area contributed by atoms with Crippen molar-refractivity contribution >= 4 is 35.6 Å². The fraction of sp³-hybridized carbons (Fsp3) is 0.190. The Balaban J connectivity index is 1.83. The van der Waals surface area contributed by atoms with Crippen LogP contribution in [0.25, 0.3) is 6.08 Å². The summed E-state index contributed by atoms with van der Waals surface area (Å²) in [5.41, 5.74) is 0.520. The first-order valence-electron chi connectivity index (χ1n) is 8.53. The molecule has 1 aliphatic rings. The van der Waals surface area contributed by atoms with E-state index in [4.69, 9.17) is 30.5 Å². The van der Waals surface area contributed by atoms with Gasteiger partial charge in [-0.1, -0.05) is 17.7 Å². The Labute approximate surface area is 171 Å². The Morgan fingerprint density at radius 3 is 2.21 bits per heavy atom. The average molecular weight is 417 g/mol. The van der Waals surface area contributed by atoms with E-state index in [1.807, 2.05) is 0 Å². The lowest BCUT2D eigenvalue weighted by atomic mass is 10.1. The van der Waals surface area contributed by atoms with Crippen LogP contribution in [0.15, 0.2) is 48.0 Å². The first-order valence-corrected chi connectivity index (χ1v) is 8.90. The van der Waals surface area contributed by atoms with Crippen LogP contribution in [0.1, 0.15) is 29.8 Å². The van der Waals surface area contributed by atoms with Gasteiger partial charge in [-0.2, -0.15) is 0 Å². The molecular formula is C21H17ClO7. The van der Waals surface area contributed by atoms with Crippen molar-refractivity contribution < 1.29 is 33.3 Å². The van der Waals surface area contributed by atoms with Gasteiger partial charge in [0.1, 0.15) is 5.57 Å². The summed E-state index contributed by atoms with van der Waals surface area (Å²) in [5.74, 6) is -3.08. The van der Waals surface area contributed by atoms with Gasteiger partial charge in [0.05, 0.1) is 12.7 Å². The number of halogens is 1. The third-order valence-electron chi connectivity index (χ3n) is 3.90. The van der Waals surface area contributed by atoms with E-state index < -0.39 is 23.7 Å². The van der Waals surface area contributed by atoms with Gasteiger partial charge < -0.3 is 18.9 Å². The number of carbonyl (C=O) groups excluding carboxylic acids is 3. The Morgan fingerprint density at radius 2 is 1.62 bits per heavy atom. The van der Waals surface area contributed by atoms with Crippen molar-refractivity contribution in [1.82, 2.24) is 0 Å². The summed E-state index contributed by atoms with van der Waals surface area (Å²) < 4.78 is 20.7. The summed E-state index contributed by atoms with van der Waals surface area (Å²) in [6.45, 7) is 2.93. The van der Waals surface area contributed by atoms with E-state index in [-0.39, 0.29) is 17.1 Å². The summed E-state index contributed by atoms with van der Waals surface area (Å²) in [5, 5.41) is 0.500. The van der Waals surface area contributed by atoms with Gasteiger partial charge in [0.15, 0.2) is 11.5 Å². The van der Waals surface area contributed by atoms with Crippen molar-refractivity contribution in [2.45, 2.75) is 19.6 Å². The van der Waals surface area contributed by atoms with Crippen molar-refractivity contribution in [1.29, 1.82) is 0 Å². The fourth-order valence-electron chi connectivity index (χ4n) is 2.55. The molecule has 0 radical (unpaired) electrons. The minimum absolute atomic E-state index is 0.171. The highest BCUT2D eigenvalue weighted by atomic mass is 35.5. The van der Waals surface area contributed by atoms with Crippen molar-refractivity contribution in [2.24, 2.45) is 0 Å². The van der Waals surface area contributed by atoms with Crippen molar-refractivity contribution in [2.75, 3.05) is 7.11 Å². The normalized spacial score (nSPS) is 15.2. The topological polar surface area (TPSA) is 88.1 Å². The molecule has 0 atom stereocenters. The lowest BCUT2D eigenvalue weighted by Crippen LogP contribution is -2.41. The monoisotopic (exact) mass is 416 g/mol. The molecule has 0 spiro atoms. The van der Waals surface area contributed by atoms with Gasteiger partial charge in [-0.05, 0) is 48.0 Å². The van der Waals surface area contributed by atoms with Crippen LogP contribution in [0.2, 0.25) is 5.02 Å². The molecule has 1 fully saturated rings. The molecule has 3 rings (SSSR count). The largest absolute Gasteiger partial charge is 0.493 e. The maximum absolute atomic E-state index is 12.3. The molecule has 2 aromatic carbocycles. The SMILES string of the molecule is COc1cc(C=C2C(=O)OC(C)(C)OC2=O)ccc1OC(=O)c1ccc(Cl)cc1. The second-order valence-electron chi connectivity index (χ2n) is 6.54. The predicted octanol–water partition coefficient (Wildman–Crippen LogP) is 3.79. The first kappa shape index (κ1) is 20.4. The zero-order valence-electron chi connectivity index (χ0n) is 15.9. The first-order chi connectivity index (χ1) is 13.7. The van der Waals surface area contributed by atoms with Gasteiger partial charge in [-0.25, -0.2) is 14.4 Å². The quantitative estimate of drug-likeness (QED) is 0.324. The Hall–Kier alpha value is -3.32. The van der Waals surface area contributed by atoms with E-state index in [9.17, 15) is 14.4 Å². The molecular weight excluding hydrogens is 400 g/mol.